The third kappa shape index (κ3) is 3.95. The summed E-state index contributed by atoms with van der Waals surface area (Å²) in [6, 6.07) is 13.8. The van der Waals surface area contributed by atoms with Crippen LogP contribution in [0.1, 0.15) is 9.75 Å². The maximum Gasteiger partial charge on any atom is 0.266 e. The van der Waals surface area contributed by atoms with Crippen LogP contribution in [0.15, 0.2) is 52.4 Å². The van der Waals surface area contributed by atoms with E-state index in [-0.39, 0.29) is 5.91 Å². The Kier molecular flexibility index (Phi) is 5.50. The van der Waals surface area contributed by atoms with Gasteiger partial charge < -0.3 is 4.74 Å². The highest BCUT2D eigenvalue weighted by atomic mass is 32.2. The van der Waals surface area contributed by atoms with Crippen LogP contribution in [0, 0.1) is 6.92 Å². The van der Waals surface area contributed by atoms with E-state index >= 15 is 0 Å². The topological polar surface area (TPSA) is 41.9 Å². The lowest BCUT2D eigenvalue weighted by atomic mass is 10.3. The summed E-state index contributed by atoms with van der Waals surface area (Å²) in [5.41, 5.74) is 0.837. The molecule has 124 valence electrons. The van der Waals surface area contributed by atoms with Crippen molar-refractivity contribution in [1.82, 2.24) is 4.90 Å². The normalized spacial score (nSPS) is 18.1. The van der Waals surface area contributed by atoms with Crippen LogP contribution < -0.4 is 0 Å². The first kappa shape index (κ1) is 17.0. The number of carbonyl (C=O) groups is 1. The third-order valence-corrected chi connectivity index (χ3v) is 5.38. The molecular formula is C18H18N2O2S2. The molecule has 0 spiro atoms. The lowest BCUT2D eigenvalue weighted by Crippen LogP contribution is -2.32. The van der Waals surface area contributed by atoms with Crippen LogP contribution in [0.3, 0.4) is 0 Å². The number of nitrogens with zero attached hydrogens (tertiary/aromatic N) is 2. The van der Waals surface area contributed by atoms with Crippen LogP contribution in [-0.4, -0.2) is 36.2 Å². The number of amidine groups is 1. The summed E-state index contributed by atoms with van der Waals surface area (Å²) >= 11 is 3.09. The lowest BCUT2D eigenvalue weighted by Gasteiger charge is -2.14. The maximum atomic E-state index is 12.7. The maximum absolute atomic E-state index is 12.7. The Morgan fingerprint density at radius 3 is 2.67 bits per heavy atom. The first-order valence-electron chi connectivity index (χ1n) is 7.58. The van der Waals surface area contributed by atoms with Gasteiger partial charge in [0.05, 0.1) is 23.7 Å². The zero-order valence-electron chi connectivity index (χ0n) is 13.6. The molecule has 0 radical (unpaired) electrons. The van der Waals surface area contributed by atoms with Crippen LogP contribution in [0.2, 0.25) is 0 Å². The van der Waals surface area contributed by atoms with Gasteiger partial charge in [0, 0.05) is 16.9 Å². The Hall–Kier alpha value is -1.89. The van der Waals surface area contributed by atoms with E-state index in [1.54, 1.807) is 23.3 Å². The number of aliphatic imine (C=N–C) groups is 1. The van der Waals surface area contributed by atoms with E-state index in [1.807, 2.05) is 42.5 Å². The molecule has 1 aliphatic heterocycles. The molecule has 1 aromatic heterocycles. The van der Waals surface area contributed by atoms with Crippen molar-refractivity contribution in [2.75, 3.05) is 20.3 Å². The largest absolute Gasteiger partial charge is 0.383 e. The molecule has 2 aromatic rings. The minimum atomic E-state index is -0.0159. The summed E-state index contributed by atoms with van der Waals surface area (Å²) in [5, 5.41) is 0.697. The second kappa shape index (κ2) is 7.79. The number of hydrogen-bond donors (Lipinski definition) is 0. The highest BCUT2D eigenvalue weighted by molar-refractivity contribution is 8.18. The summed E-state index contributed by atoms with van der Waals surface area (Å²) in [6.45, 7) is 3.03. The van der Waals surface area contributed by atoms with Gasteiger partial charge in [-0.15, -0.1) is 11.3 Å². The Labute approximate surface area is 149 Å². The van der Waals surface area contributed by atoms with Crippen LogP contribution in [0.4, 0.5) is 5.69 Å². The molecule has 0 aliphatic carbocycles. The Morgan fingerprint density at radius 2 is 2.00 bits per heavy atom. The van der Waals surface area contributed by atoms with Crippen molar-refractivity contribution in [2.24, 2.45) is 4.99 Å². The van der Waals surface area contributed by atoms with E-state index in [0.717, 1.165) is 10.6 Å². The molecule has 6 heteroatoms. The molecule has 0 N–H and O–H groups in total. The lowest BCUT2D eigenvalue weighted by molar-refractivity contribution is -0.122. The van der Waals surface area contributed by atoms with E-state index in [9.17, 15) is 4.79 Å². The van der Waals surface area contributed by atoms with Crippen LogP contribution in [0.25, 0.3) is 6.08 Å². The van der Waals surface area contributed by atoms with Crippen LogP contribution >= 0.6 is 23.1 Å². The van der Waals surface area contributed by atoms with Crippen molar-refractivity contribution in [3.8, 4) is 0 Å². The quantitative estimate of drug-likeness (QED) is 0.748. The van der Waals surface area contributed by atoms with Gasteiger partial charge in [-0.2, -0.15) is 0 Å². The zero-order valence-corrected chi connectivity index (χ0v) is 15.2. The van der Waals surface area contributed by atoms with Gasteiger partial charge in [0.15, 0.2) is 5.17 Å². The number of ether oxygens (including phenoxy) is 1. The van der Waals surface area contributed by atoms with Gasteiger partial charge in [-0.25, -0.2) is 4.99 Å². The van der Waals surface area contributed by atoms with E-state index in [4.69, 9.17) is 4.74 Å². The van der Waals surface area contributed by atoms with Gasteiger partial charge >= 0.3 is 0 Å². The molecule has 4 nitrogen and oxygen atoms in total. The first-order chi connectivity index (χ1) is 11.7. The van der Waals surface area contributed by atoms with Gasteiger partial charge in [-0.05, 0) is 49.0 Å². The molecule has 0 saturated carbocycles. The van der Waals surface area contributed by atoms with Gasteiger partial charge in [-0.1, -0.05) is 18.2 Å². The van der Waals surface area contributed by atoms with Gasteiger partial charge in [0.2, 0.25) is 0 Å². The number of benzene rings is 1. The number of carbonyl (C=O) groups excluding carboxylic acids is 1. The smallest absolute Gasteiger partial charge is 0.266 e. The monoisotopic (exact) mass is 358 g/mol. The number of thiophene rings is 1. The minimum Gasteiger partial charge on any atom is -0.383 e. The fourth-order valence-corrected chi connectivity index (χ4v) is 4.16. The van der Waals surface area contributed by atoms with Crippen molar-refractivity contribution >= 4 is 45.9 Å². The summed E-state index contributed by atoms with van der Waals surface area (Å²) in [6.07, 6.45) is 1.94. The number of para-hydroxylation sites is 1. The van der Waals surface area contributed by atoms with E-state index in [2.05, 4.69) is 18.0 Å². The first-order valence-corrected chi connectivity index (χ1v) is 9.21. The molecule has 0 unspecified atom stereocenters. The summed E-state index contributed by atoms with van der Waals surface area (Å²) in [5.74, 6) is -0.0159. The highest BCUT2D eigenvalue weighted by Gasteiger charge is 2.33. The molecule has 1 fully saturated rings. The van der Waals surface area contributed by atoms with Gasteiger partial charge in [0.25, 0.3) is 5.91 Å². The number of thioether (sulfide) groups is 1. The second-order valence-corrected chi connectivity index (χ2v) is 7.57. The summed E-state index contributed by atoms with van der Waals surface area (Å²) in [4.78, 5) is 22.1. The van der Waals surface area contributed by atoms with Crippen LogP contribution in [-0.2, 0) is 9.53 Å². The molecule has 0 atom stereocenters. The molecule has 24 heavy (non-hydrogen) atoms. The summed E-state index contributed by atoms with van der Waals surface area (Å²) in [7, 11) is 1.63. The number of aryl methyl sites for hydroxylation is 1. The molecule has 0 bridgehead atoms. The minimum absolute atomic E-state index is 0.0159. The fraction of sp³-hybridized carbons (Fsp3) is 0.222. The predicted octanol–water partition coefficient (Wildman–Crippen LogP) is 4.31. The third-order valence-electron chi connectivity index (χ3n) is 3.42. The number of hydrogen-bond acceptors (Lipinski definition) is 5. The summed E-state index contributed by atoms with van der Waals surface area (Å²) < 4.78 is 5.13. The van der Waals surface area contributed by atoms with Crippen LogP contribution in [0.5, 0.6) is 0 Å². The zero-order chi connectivity index (χ0) is 16.9. The Bertz CT molecular complexity index is 781. The molecular weight excluding hydrogens is 340 g/mol. The average molecular weight is 358 g/mol. The highest BCUT2D eigenvalue weighted by Crippen LogP contribution is 2.34. The number of amides is 1. The number of methoxy groups -OCH3 is 1. The van der Waals surface area contributed by atoms with E-state index < -0.39 is 0 Å². The standard InChI is InChI=1S/C18H18N2O2S2/c1-13-8-9-15(23-13)12-16-17(21)20(10-11-22-2)18(24-16)19-14-6-4-3-5-7-14/h3-9,12H,10-11H2,1-2H3/b16-12-,19-18?. The van der Waals surface area contributed by atoms with E-state index in [1.165, 1.54) is 16.6 Å². The molecule has 1 amide bonds. The fourth-order valence-electron chi connectivity index (χ4n) is 2.24. The Morgan fingerprint density at radius 1 is 1.21 bits per heavy atom. The second-order valence-electron chi connectivity index (χ2n) is 5.24. The predicted molar refractivity (Wildman–Crippen MR) is 102 cm³/mol. The average Bonchev–Trinajstić information content (AvgIpc) is 3.11. The van der Waals surface area contributed by atoms with Crippen molar-refractivity contribution in [3.63, 3.8) is 0 Å². The Balaban J connectivity index is 1.90. The van der Waals surface area contributed by atoms with Crippen molar-refractivity contribution in [1.29, 1.82) is 0 Å². The molecule has 3 rings (SSSR count). The van der Waals surface area contributed by atoms with Gasteiger partial charge in [0.1, 0.15) is 0 Å². The number of rotatable bonds is 5. The van der Waals surface area contributed by atoms with Crippen molar-refractivity contribution < 1.29 is 9.53 Å². The molecule has 1 aromatic carbocycles. The van der Waals surface area contributed by atoms with Crippen molar-refractivity contribution in [2.45, 2.75) is 6.92 Å². The van der Waals surface area contributed by atoms with E-state index in [0.29, 0.717) is 23.2 Å². The van der Waals surface area contributed by atoms with Gasteiger partial charge in [-0.3, -0.25) is 9.69 Å². The molecule has 1 saturated heterocycles. The molecule has 2 heterocycles. The van der Waals surface area contributed by atoms with Crippen molar-refractivity contribution in [3.05, 3.63) is 57.1 Å². The SMILES string of the molecule is COCCN1C(=O)/C(=C/c2ccc(C)s2)SC1=Nc1ccccc1. The molecule has 1 aliphatic rings.